The van der Waals surface area contributed by atoms with Crippen molar-refractivity contribution in [2.24, 2.45) is 0 Å². The zero-order valence-electron chi connectivity index (χ0n) is 13.1. The van der Waals surface area contributed by atoms with E-state index in [1.165, 1.54) is 24.3 Å². The Morgan fingerprint density at radius 2 is 1.88 bits per heavy atom. The Morgan fingerprint density at radius 3 is 2.54 bits per heavy atom. The van der Waals surface area contributed by atoms with Crippen LogP contribution >= 0.6 is 38.5 Å². The number of hydrogen-bond donors (Lipinski definition) is 1. The normalized spacial score (nSPS) is 11.0. The first-order chi connectivity index (χ1) is 12.3. The number of aromatic nitrogens is 2. The monoisotopic (exact) mass is 532 g/mol. The lowest BCUT2D eigenvalue weighted by atomic mass is 10.2. The highest BCUT2D eigenvalue weighted by molar-refractivity contribution is 14.1. The molecule has 0 radical (unpaired) electrons. The first kappa shape index (κ1) is 18.8. The van der Waals surface area contributed by atoms with Gasteiger partial charge in [-0.2, -0.15) is 0 Å². The second-order valence-electron chi connectivity index (χ2n) is 5.55. The summed E-state index contributed by atoms with van der Waals surface area (Å²) in [6, 6.07) is 9.09. The van der Waals surface area contributed by atoms with Crippen molar-refractivity contribution in [2.75, 3.05) is 0 Å². The van der Waals surface area contributed by atoms with Gasteiger partial charge in [-0.25, -0.2) is 9.18 Å². The summed E-state index contributed by atoms with van der Waals surface area (Å²) in [5.41, 5.74) is -1.03. The van der Waals surface area contributed by atoms with Crippen LogP contribution in [0.25, 0.3) is 10.9 Å². The molecule has 1 N–H and O–H groups in total. The average Bonchev–Trinajstić information content (AvgIpc) is 2.57. The highest BCUT2D eigenvalue weighted by Crippen LogP contribution is 2.17. The highest BCUT2D eigenvalue weighted by atomic mass is 127. The van der Waals surface area contributed by atoms with E-state index < -0.39 is 29.6 Å². The van der Waals surface area contributed by atoms with Gasteiger partial charge in [0.25, 0.3) is 5.56 Å². The van der Waals surface area contributed by atoms with E-state index in [2.05, 4.69) is 15.9 Å². The predicted octanol–water partition coefficient (Wildman–Crippen LogP) is 2.80. The van der Waals surface area contributed by atoms with E-state index in [1.807, 2.05) is 22.6 Å². The smallest absolute Gasteiger partial charge is 0.332 e. The fourth-order valence-electron chi connectivity index (χ4n) is 2.64. The van der Waals surface area contributed by atoms with Gasteiger partial charge in [-0.05, 0) is 52.9 Å². The van der Waals surface area contributed by atoms with Crippen LogP contribution in [0.15, 0.2) is 50.5 Å². The molecule has 0 aliphatic rings. The van der Waals surface area contributed by atoms with Gasteiger partial charge in [-0.15, -0.1) is 0 Å². The third-order valence-corrected chi connectivity index (χ3v) is 4.99. The van der Waals surface area contributed by atoms with Crippen molar-refractivity contribution in [3.05, 3.63) is 76.7 Å². The topological polar surface area (TPSA) is 81.3 Å². The second kappa shape index (κ2) is 7.31. The summed E-state index contributed by atoms with van der Waals surface area (Å²) in [5.74, 6) is -1.76. The number of rotatable bonds is 4. The van der Waals surface area contributed by atoms with Gasteiger partial charge in [0.15, 0.2) is 0 Å². The molecule has 0 bridgehead atoms. The van der Waals surface area contributed by atoms with Gasteiger partial charge in [0.1, 0.15) is 12.4 Å². The number of nitrogens with zero attached hydrogens (tertiary/aromatic N) is 2. The van der Waals surface area contributed by atoms with E-state index in [0.29, 0.717) is 8.04 Å². The summed E-state index contributed by atoms with van der Waals surface area (Å²) in [6.07, 6.45) is 0. The Hall–Kier alpha value is -2.01. The zero-order valence-corrected chi connectivity index (χ0v) is 16.8. The Bertz CT molecular complexity index is 1160. The summed E-state index contributed by atoms with van der Waals surface area (Å²) in [6.45, 7) is -0.896. The summed E-state index contributed by atoms with van der Waals surface area (Å²) in [5, 5.41) is 9.31. The number of fused-ring (bicyclic) bond motifs is 1. The van der Waals surface area contributed by atoms with Crippen LogP contribution in [0.3, 0.4) is 0 Å². The lowest BCUT2D eigenvalue weighted by Crippen LogP contribution is -2.41. The van der Waals surface area contributed by atoms with E-state index in [1.54, 1.807) is 12.1 Å². The van der Waals surface area contributed by atoms with Crippen molar-refractivity contribution < 1.29 is 14.3 Å². The van der Waals surface area contributed by atoms with Crippen LogP contribution in [0.5, 0.6) is 0 Å². The molecule has 1 heterocycles. The molecule has 0 spiro atoms. The number of carboxylic acids is 1. The summed E-state index contributed by atoms with van der Waals surface area (Å²) in [4.78, 5) is 36.7. The maximum absolute atomic E-state index is 14.1. The second-order valence-corrected chi connectivity index (χ2v) is 7.71. The molecule has 2 aromatic carbocycles. The number of hydrogen-bond acceptors (Lipinski definition) is 3. The van der Waals surface area contributed by atoms with Crippen molar-refractivity contribution in [2.45, 2.75) is 13.1 Å². The Kier molecular flexibility index (Phi) is 5.28. The molecule has 0 aliphatic heterocycles. The molecule has 3 aromatic rings. The molecule has 0 aliphatic carbocycles. The third kappa shape index (κ3) is 3.58. The van der Waals surface area contributed by atoms with Crippen molar-refractivity contribution in [3.8, 4) is 0 Å². The molecule has 0 saturated heterocycles. The number of carbonyl (C=O) groups is 1. The number of aliphatic carboxylic acids is 1. The third-order valence-electron chi connectivity index (χ3n) is 3.82. The van der Waals surface area contributed by atoms with Gasteiger partial charge in [0.2, 0.25) is 0 Å². The molecule has 6 nitrogen and oxygen atoms in total. The Balaban J connectivity index is 2.28. The first-order valence-electron chi connectivity index (χ1n) is 7.36. The number of benzene rings is 2. The molecule has 0 fully saturated rings. The van der Waals surface area contributed by atoms with Gasteiger partial charge in [-0.1, -0.05) is 22.0 Å². The molecule has 26 heavy (non-hydrogen) atoms. The molecular weight excluding hydrogens is 522 g/mol. The molecule has 1 aromatic heterocycles. The van der Waals surface area contributed by atoms with E-state index in [0.717, 1.165) is 9.13 Å². The van der Waals surface area contributed by atoms with Crippen LogP contribution in [0.1, 0.15) is 5.56 Å². The van der Waals surface area contributed by atoms with Gasteiger partial charge in [0, 0.05) is 13.6 Å². The molecule has 0 saturated carbocycles. The summed E-state index contributed by atoms with van der Waals surface area (Å²) in [7, 11) is 0. The highest BCUT2D eigenvalue weighted by Gasteiger charge is 2.16. The number of carboxylic acid groups (broad SMARTS) is 1. The van der Waals surface area contributed by atoms with Crippen molar-refractivity contribution in [3.63, 3.8) is 0 Å². The van der Waals surface area contributed by atoms with Gasteiger partial charge >= 0.3 is 11.7 Å². The maximum atomic E-state index is 14.1. The molecular formula is C17H11BrFIN2O4. The lowest BCUT2D eigenvalue weighted by Gasteiger charge is -2.13. The average molecular weight is 533 g/mol. The first-order valence-corrected chi connectivity index (χ1v) is 9.23. The van der Waals surface area contributed by atoms with Crippen molar-refractivity contribution >= 4 is 55.4 Å². The minimum absolute atomic E-state index is 0.169. The maximum Gasteiger partial charge on any atom is 0.332 e. The Morgan fingerprint density at radius 1 is 1.15 bits per heavy atom. The van der Waals surface area contributed by atoms with E-state index in [4.69, 9.17) is 5.11 Å². The molecule has 9 heteroatoms. The van der Waals surface area contributed by atoms with Gasteiger partial charge < -0.3 is 5.11 Å². The summed E-state index contributed by atoms with van der Waals surface area (Å²) >= 11 is 5.20. The van der Waals surface area contributed by atoms with Crippen LogP contribution in [-0.4, -0.2) is 20.2 Å². The minimum Gasteiger partial charge on any atom is -0.480 e. The number of halogens is 3. The molecule has 3 rings (SSSR count). The Labute approximate surface area is 168 Å². The predicted molar refractivity (Wildman–Crippen MR) is 106 cm³/mol. The lowest BCUT2D eigenvalue weighted by molar-refractivity contribution is -0.137. The van der Waals surface area contributed by atoms with Crippen molar-refractivity contribution in [1.82, 2.24) is 9.13 Å². The quantitative estimate of drug-likeness (QED) is 0.524. The standard InChI is InChI=1S/C17H11BrFIN2O4/c18-10-2-4-12-14(5-10)21(8-15(23)24)17(26)22(16(12)25)7-9-1-3-11(20)6-13(9)19/h1-6H,7-8H2,(H,23,24). The van der Waals surface area contributed by atoms with Crippen LogP contribution in [0.4, 0.5) is 4.39 Å². The summed E-state index contributed by atoms with van der Waals surface area (Å²) < 4.78 is 17.3. The fraction of sp³-hybridized carbons (Fsp3) is 0.118. The minimum atomic E-state index is -1.22. The fourth-order valence-corrected chi connectivity index (χ4v) is 3.44. The van der Waals surface area contributed by atoms with E-state index >= 15 is 0 Å². The van der Waals surface area contributed by atoms with Gasteiger partial charge in [-0.3, -0.25) is 18.7 Å². The molecule has 0 amide bonds. The molecule has 0 unspecified atom stereocenters. The SMILES string of the molecule is O=C(O)Cn1c(=O)n(Cc2ccc(I)cc2F)c(=O)c2ccc(Br)cc21. The van der Waals surface area contributed by atoms with Gasteiger partial charge in [0.05, 0.1) is 17.4 Å². The van der Waals surface area contributed by atoms with Crippen LogP contribution in [0.2, 0.25) is 0 Å². The van der Waals surface area contributed by atoms with Crippen LogP contribution < -0.4 is 11.2 Å². The molecule has 0 atom stereocenters. The zero-order chi connectivity index (χ0) is 19.0. The van der Waals surface area contributed by atoms with E-state index in [-0.39, 0.29) is 23.0 Å². The van der Waals surface area contributed by atoms with E-state index in [9.17, 15) is 18.8 Å². The van der Waals surface area contributed by atoms with Crippen molar-refractivity contribution in [1.29, 1.82) is 0 Å². The molecule has 134 valence electrons. The largest absolute Gasteiger partial charge is 0.480 e. The van der Waals surface area contributed by atoms with Crippen LogP contribution in [-0.2, 0) is 17.9 Å². The van der Waals surface area contributed by atoms with Crippen LogP contribution in [0, 0.1) is 9.39 Å².